The fourth-order valence-electron chi connectivity index (χ4n) is 1.70. The SMILES string of the molecule is C=CCOC(C)C(=O)OC(C)c1nnc(-c2ccccc2)o1. The molecule has 6 heteroatoms. The minimum atomic E-state index is -0.683. The first-order chi connectivity index (χ1) is 10.6. The first-order valence-corrected chi connectivity index (χ1v) is 6.93. The zero-order valence-electron chi connectivity index (χ0n) is 12.6. The maximum atomic E-state index is 11.8. The molecule has 0 amide bonds. The number of carbonyl (C=O) groups is 1. The molecule has 2 aromatic rings. The van der Waals surface area contributed by atoms with Crippen molar-refractivity contribution in [1.82, 2.24) is 10.2 Å². The molecule has 1 aromatic carbocycles. The zero-order chi connectivity index (χ0) is 15.9. The Morgan fingerprint density at radius 1 is 1.32 bits per heavy atom. The molecule has 0 N–H and O–H groups in total. The van der Waals surface area contributed by atoms with Gasteiger partial charge >= 0.3 is 5.97 Å². The third-order valence-electron chi connectivity index (χ3n) is 2.90. The number of benzene rings is 1. The summed E-state index contributed by atoms with van der Waals surface area (Å²) >= 11 is 0. The van der Waals surface area contributed by atoms with Crippen molar-refractivity contribution in [3.8, 4) is 11.5 Å². The number of hydrogen-bond acceptors (Lipinski definition) is 6. The number of rotatable bonds is 7. The maximum Gasteiger partial charge on any atom is 0.335 e. The molecule has 22 heavy (non-hydrogen) atoms. The smallest absolute Gasteiger partial charge is 0.335 e. The summed E-state index contributed by atoms with van der Waals surface area (Å²) in [5.41, 5.74) is 0.808. The molecule has 0 aliphatic carbocycles. The van der Waals surface area contributed by atoms with E-state index in [-0.39, 0.29) is 12.5 Å². The predicted octanol–water partition coefficient (Wildman–Crippen LogP) is 2.93. The van der Waals surface area contributed by atoms with Crippen LogP contribution in [0.5, 0.6) is 0 Å². The third kappa shape index (κ3) is 4.02. The van der Waals surface area contributed by atoms with Crippen molar-refractivity contribution in [2.75, 3.05) is 6.61 Å². The molecule has 1 aromatic heterocycles. The summed E-state index contributed by atoms with van der Waals surface area (Å²) in [4.78, 5) is 11.8. The molecule has 6 nitrogen and oxygen atoms in total. The lowest BCUT2D eigenvalue weighted by Gasteiger charge is -2.14. The average molecular weight is 302 g/mol. The molecule has 2 atom stereocenters. The molecular formula is C16H18N2O4. The zero-order valence-corrected chi connectivity index (χ0v) is 12.6. The van der Waals surface area contributed by atoms with Gasteiger partial charge in [-0.05, 0) is 26.0 Å². The molecule has 116 valence electrons. The van der Waals surface area contributed by atoms with E-state index in [1.165, 1.54) is 0 Å². The Morgan fingerprint density at radius 2 is 2.05 bits per heavy atom. The molecular weight excluding hydrogens is 284 g/mol. The summed E-state index contributed by atoms with van der Waals surface area (Å²) in [6.45, 7) is 7.08. The molecule has 0 bridgehead atoms. The molecule has 2 rings (SSSR count). The van der Waals surface area contributed by atoms with Gasteiger partial charge in [0.15, 0.2) is 12.2 Å². The van der Waals surface area contributed by atoms with Crippen LogP contribution in [0.3, 0.4) is 0 Å². The fourth-order valence-corrected chi connectivity index (χ4v) is 1.70. The van der Waals surface area contributed by atoms with Gasteiger partial charge in [-0.2, -0.15) is 0 Å². The summed E-state index contributed by atoms with van der Waals surface area (Å²) in [5, 5.41) is 7.87. The Morgan fingerprint density at radius 3 is 2.73 bits per heavy atom. The van der Waals surface area contributed by atoms with Gasteiger partial charge in [-0.25, -0.2) is 4.79 Å². The largest absolute Gasteiger partial charge is 0.451 e. The Balaban J connectivity index is 1.99. The van der Waals surface area contributed by atoms with Crippen LogP contribution < -0.4 is 0 Å². The van der Waals surface area contributed by atoms with Crippen molar-refractivity contribution in [3.63, 3.8) is 0 Å². The Bertz CT molecular complexity index is 624. The summed E-state index contributed by atoms with van der Waals surface area (Å²) in [5.74, 6) is 0.131. The van der Waals surface area contributed by atoms with Crippen LogP contribution in [-0.4, -0.2) is 28.9 Å². The fraction of sp³-hybridized carbons (Fsp3) is 0.312. The van der Waals surface area contributed by atoms with Crippen LogP contribution in [0, 0.1) is 0 Å². The van der Waals surface area contributed by atoms with Crippen LogP contribution in [0.1, 0.15) is 25.8 Å². The highest BCUT2D eigenvalue weighted by Gasteiger charge is 2.22. The minimum absolute atomic E-state index is 0.239. The molecule has 1 heterocycles. The monoisotopic (exact) mass is 302 g/mol. The van der Waals surface area contributed by atoms with Crippen molar-refractivity contribution in [2.24, 2.45) is 0 Å². The molecule has 0 saturated heterocycles. The first-order valence-electron chi connectivity index (χ1n) is 6.93. The number of hydrogen-bond donors (Lipinski definition) is 0. The number of ether oxygens (including phenoxy) is 2. The van der Waals surface area contributed by atoms with E-state index in [0.29, 0.717) is 5.89 Å². The van der Waals surface area contributed by atoms with Crippen molar-refractivity contribution in [2.45, 2.75) is 26.1 Å². The van der Waals surface area contributed by atoms with Crippen molar-refractivity contribution in [3.05, 3.63) is 48.9 Å². The van der Waals surface area contributed by atoms with E-state index in [9.17, 15) is 4.79 Å². The summed E-state index contributed by atoms with van der Waals surface area (Å²) in [6.07, 6.45) is 0.237. The highest BCUT2D eigenvalue weighted by Crippen LogP contribution is 2.22. The summed E-state index contributed by atoms with van der Waals surface area (Å²) < 4.78 is 16.0. The number of aromatic nitrogens is 2. The minimum Gasteiger partial charge on any atom is -0.451 e. The molecule has 0 radical (unpaired) electrons. The van der Waals surface area contributed by atoms with Crippen LogP contribution in [0.15, 0.2) is 47.4 Å². The first kappa shape index (κ1) is 15.9. The Labute approximate surface area is 128 Å². The second-order valence-electron chi connectivity index (χ2n) is 4.65. The lowest BCUT2D eigenvalue weighted by molar-refractivity contribution is -0.161. The highest BCUT2D eigenvalue weighted by atomic mass is 16.6. The van der Waals surface area contributed by atoms with Gasteiger partial charge in [-0.15, -0.1) is 16.8 Å². The number of nitrogens with zero attached hydrogens (tertiary/aromatic N) is 2. The highest BCUT2D eigenvalue weighted by molar-refractivity contribution is 5.74. The molecule has 2 unspecified atom stereocenters. The van der Waals surface area contributed by atoms with Gasteiger partial charge in [-0.1, -0.05) is 24.3 Å². The van der Waals surface area contributed by atoms with Crippen LogP contribution in [-0.2, 0) is 14.3 Å². The number of esters is 1. The van der Waals surface area contributed by atoms with Gasteiger partial charge in [-0.3, -0.25) is 0 Å². The molecule has 0 fully saturated rings. The molecule has 0 aliphatic rings. The van der Waals surface area contributed by atoms with Gasteiger partial charge in [0.1, 0.15) is 0 Å². The van der Waals surface area contributed by atoms with E-state index in [1.54, 1.807) is 19.9 Å². The predicted molar refractivity (Wildman–Crippen MR) is 79.9 cm³/mol. The van der Waals surface area contributed by atoms with E-state index in [4.69, 9.17) is 13.9 Å². The van der Waals surface area contributed by atoms with Gasteiger partial charge in [0.2, 0.25) is 5.89 Å². The lowest BCUT2D eigenvalue weighted by Crippen LogP contribution is -2.24. The lowest BCUT2D eigenvalue weighted by atomic mass is 10.2. The third-order valence-corrected chi connectivity index (χ3v) is 2.90. The van der Waals surface area contributed by atoms with Gasteiger partial charge in [0.05, 0.1) is 6.61 Å². The van der Waals surface area contributed by atoms with Crippen LogP contribution in [0.25, 0.3) is 11.5 Å². The second-order valence-corrected chi connectivity index (χ2v) is 4.65. The quantitative estimate of drug-likeness (QED) is 0.578. The summed E-state index contributed by atoms with van der Waals surface area (Å²) in [6, 6.07) is 9.37. The Kier molecular flexibility index (Phi) is 5.43. The van der Waals surface area contributed by atoms with Crippen molar-refractivity contribution >= 4 is 5.97 Å². The van der Waals surface area contributed by atoms with Gasteiger partial charge in [0.25, 0.3) is 5.89 Å². The van der Waals surface area contributed by atoms with Crippen molar-refractivity contribution in [1.29, 1.82) is 0 Å². The maximum absolute atomic E-state index is 11.8. The van der Waals surface area contributed by atoms with E-state index in [2.05, 4.69) is 16.8 Å². The standard InChI is InChI=1S/C16H18N2O4/c1-4-10-20-12(3)16(19)21-11(2)14-17-18-15(22-14)13-8-6-5-7-9-13/h4-9,11-12H,1,10H2,2-3H3. The van der Waals surface area contributed by atoms with Crippen LogP contribution in [0.2, 0.25) is 0 Å². The van der Waals surface area contributed by atoms with E-state index in [1.807, 2.05) is 30.3 Å². The number of carbonyl (C=O) groups excluding carboxylic acids is 1. The normalized spacial score (nSPS) is 13.4. The molecule has 0 aliphatic heterocycles. The van der Waals surface area contributed by atoms with Gasteiger partial charge in [0, 0.05) is 5.56 Å². The van der Waals surface area contributed by atoms with Gasteiger partial charge < -0.3 is 13.9 Å². The van der Waals surface area contributed by atoms with E-state index in [0.717, 1.165) is 5.56 Å². The topological polar surface area (TPSA) is 74.5 Å². The second kappa shape index (κ2) is 7.51. The van der Waals surface area contributed by atoms with Crippen LogP contribution >= 0.6 is 0 Å². The Hall–Kier alpha value is -2.47. The van der Waals surface area contributed by atoms with E-state index >= 15 is 0 Å². The van der Waals surface area contributed by atoms with Crippen LogP contribution in [0.4, 0.5) is 0 Å². The summed E-state index contributed by atoms with van der Waals surface area (Å²) in [7, 11) is 0. The molecule has 0 spiro atoms. The molecule has 0 saturated carbocycles. The van der Waals surface area contributed by atoms with Crippen molar-refractivity contribution < 1.29 is 18.7 Å². The van der Waals surface area contributed by atoms with E-state index < -0.39 is 18.2 Å². The average Bonchev–Trinajstić information content (AvgIpc) is 3.03.